The van der Waals surface area contributed by atoms with E-state index in [0.29, 0.717) is 24.6 Å². The number of carbonyl (C=O) groups is 1. The van der Waals surface area contributed by atoms with Gasteiger partial charge in [0.1, 0.15) is 0 Å². The standard InChI is InChI=1S/C15H20N6O/c1-3-17-15-20-9-12(10-21-15)14(22)19-7-6-18-13-4-5-16-8-11(13)2/h4-5,8-10H,3,6-7H2,1-2H3,(H,16,18)(H,19,22)(H,17,20,21). The lowest BCUT2D eigenvalue weighted by molar-refractivity contribution is 0.0954. The number of anilines is 2. The highest BCUT2D eigenvalue weighted by Gasteiger charge is 2.06. The molecule has 0 radical (unpaired) electrons. The van der Waals surface area contributed by atoms with Gasteiger partial charge in [-0.25, -0.2) is 9.97 Å². The van der Waals surface area contributed by atoms with Crippen LogP contribution in [0, 0.1) is 6.92 Å². The molecule has 0 saturated heterocycles. The minimum atomic E-state index is -0.184. The van der Waals surface area contributed by atoms with E-state index in [4.69, 9.17) is 0 Å². The molecular formula is C15H20N6O. The molecule has 0 unspecified atom stereocenters. The molecule has 2 aromatic rings. The summed E-state index contributed by atoms with van der Waals surface area (Å²) in [7, 11) is 0. The first-order valence-electron chi connectivity index (χ1n) is 7.19. The Labute approximate surface area is 129 Å². The molecule has 7 nitrogen and oxygen atoms in total. The minimum absolute atomic E-state index is 0.184. The number of hydrogen-bond acceptors (Lipinski definition) is 6. The Morgan fingerprint density at radius 2 is 1.91 bits per heavy atom. The van der Waals surface area contributed by atoms with E-state index in [1.165, 1.54) is 12.4 Å². The van der Waals surface area contributed by atoms with E-state index >= 15 is 0 Å². The summed E-state index contributed by atoms with van der Waals surface area (Å²) in [6.07, 6.45) is 6.56. The molecule has 2 rings (SSSR count). The summed E-state index contributed by atoms with van der Waals surface area (Å²) in [5.74, 6) is 0.338. The highest BCUT2D eigenvalue weighted by Crippen LogP contribution is 2.10. The molecule has 2 aromatic heterocycles. The van der Waals surface area contributed by atoms with Crippen molar-refractivity contribution in [3.63, 3.8) is 0 Å². The smallest absolute Gasteiger partial charge is 0.254 e. The van der Waals surface area contributed by atoms with E-state index in [0.717, 1.165) is 17.8 Å². The fraction of sp³-hybridized carbons (Fsp3) is 0.333. The van der Waals surface area contributed by atoms with Crippen LogP contribution in [0.3, 0.4) is 0 Å². The van der Waals surface area contributed by atoms with Crippen molar-refractivity contribution in [2.24, 2.45) is 0 Å². The second-order valence-electron chi connectivity index (χ2n) is 4.70. The molecule has 0 fully saturated rings. The average molecular weight is 300 g/mol. The van der Waals surface area contributed by atoms with Crippen molar-refractivity contribution in [1.29, 1.82) is 0 Å². The van der Waals surface area contributed by atoms with E-state index in [1.54, 1.807) is 12.4 Å². The number of hydrogen-bond donors (Lipinski definition) is 3. The van der Waals surface area contributed by atoms with Crippen molar-refractivity contribution < 1.29 is 4.79 Å². The van der Waals surface area contributed by atoms with Crippen LogP contribution in [0.5, 0.6) is 0 Å². The summed E-state index contributed by atoms with van der Waals surface area (Å²) >= 11 is 0. The van der Waals surface area contributed by atoms with Crippen LogP contribution in [0.1, 0.15) is 22.8 Å². The minimum Gasteiger partial charge on any atom is -0.383 e. The molecule has 7 heteroatoms. The van der Waals surface area contributed by atoms with Gasteiger partial charge in [0.25, 0.3) is 5.91 Å². The molecule has 0 saturated carbocycles. The van der Waals surface area contributed by atoms with Gasteiger partial charge in [-0.05, 0) is 25.5 Å². The van der Waals surface area contributed by atoms with Crippen molar-refractivity contribution in [2.75, 3.05) is 30.3 Å². The summed E-state index contributed by atoms with van der Waals surface area (Å²) in [5.41, 5.74) is 2.53. The monoisotopic (exact) mass is 300 g/mol. The van der Waals surface area contributed by atoms with E-state index < -0.39 is 0 Å². The van der Waals surface area contributed by atoms with Crippen molar-refractivity contribution in [2.45, 2.75) is 13.8 Å². The number of aryl methyl sites for hydroxylation is 1. The Hall–Kier alpha value is -2.70. The van der Waals surface area contributed by atoms with Crippen molar-refractivity contribution in [3.05, 3.63) is 42.0 Å². The third-order valence-electron chi connectivity index (χ3n) is 3.00. The van der Waals surface area contributed by atoms with Crippen molar-refractivity contribution in [3.8, 4) is 0 Å². The van der Waals surface area contributed by atoms with Crippen LogP contribution in [0.2, 0.25) is 0 Å². The summed E-state index contributed by atoms with van der Waals surface area (Å²) in [6.45, 7) is 5.83. The molecule has 2 heterocycles. The molecule has 1 amide bonds. The highest BCUT2D eigenvalue weighted by molar-refractivity contribution is 5.93. The van der Waals surface area contributed by atoms with Crippen LogP contribution in [0.25, 0.3) is 0 Å². The number of rotatable bonds is 7. The predicted molar refractivity (Wildman–Crippen MR) is 86.0 cm³/mol. The van der Waals surface area contributed by atoms with E-state index in [2.05, 4.69) is 30.9 Å². The third kappa shape index (κ3) is 4.41. The van der Waals surface area contributed by atoms with Gasteiger partial charge in [-0.3, -0.25) is 9.78 Å². The van der Waals surface area contributed by atoms with Crippen LogP contribution in [-0.2, 0) is 0 Å². The summed E-state index contributed by atoms with van der Waals surface area (Å²) < 4.78 is 0. The van der Waals surface area contributed by atoms with Gasteiger partial charge in [0, 0.05) is 50.1 Å². The summed E-state index contributed by atoms with van der Waals surface area (Å²) in [6, 6.07) is 1.91. The number of nitrogens with one attached hydrogen (secondary N) is 3. The Bertz CT molecular complexity index is 614. The fourth-order valence-corrected chi connectivity index (χ4v) is 1.84. The van der Waals surface area contributed by atoms with Gasteiger partial charge >= 0.3 is 0 Å². The lowest BCUT2D eigenvalue weighted by atomic mass is 10.2. The first kappa shape index (κ1) is 15.7. The molecule has 0 aliphatic heterocycles. The van der Waals surface area contributed by atoms with Gasteiger partial charge in [0.15, 0.2) is 0 Å². The van der Waals surface area contributed by atoms with E-state index in [-0.39, 0.29) is 5.91 Å². The molecule has 0 aliphatic carbocycles. The lowest BCUT2D eigenvalue weighted by Gasteiger charge is -2.09. The van der Waals surface area contributed by atoms with Gasteiger partial charge in [-0.1, -0.05) is 0 Å². The van der Waals surface area contributed by atoms with Crippen LogP contribution in [0.15, 0.2) is 30.9 Å². The van der Waals surface area contributed by atoms with Crippen LogP contribution >= 0.6 is 0 Å². The van der Waals surface area contributed by atoms with Crippen molar-refractivity contribution >= 4 is 17.5 Å². The second-order valence-corrected chi connectivity index (χ2v) is 4.70. The number of nitrogens with zero attached hydrogens (tertiary/aromatic N) is 3. The predicted octanol–water partition coefficient (Wildman–Crippen LogP) is 1.45. The molecule has 0 aliphatic rings. The van der Waals surface area contributed by atoms with Gasteiger partial charge < -0.3 is 16.0 Å². The normalized spacial score (nSPS) is 10.1. The maximum atomic E-state index is 11.9. The van der Waals surface area contributed by atoms with Gasteiger partial charge in [-0.2, -0.15) is 0 Å². The zero-order valence-corrected chi connectivity index (χ0v) is 12.8. The fourth-order valence-electron chi connectivity index (χ4n) is 1.84. The molecule has 3 N–H and O–H groups in total. The van der Waals surface area contributed by atoms with Gasteiger partial charge in [0.05, 0.1) is 5.56 Å². The Balaban J connectivity index is 1.77. The maximum Gasteiger partial charge on any atom is 0.254 e. The average Bonchev–Trinajstić information content (AvgIpc) is 2.54. The largest absolute Gasteiger partial charge is 0.383 e. The summed E-state index contributed by atoms with van der Waals surface area (Å²) in [4.78, 5) is 24.1. The number of aromatic nitrogens is 3. The SMILES string of the molecule is CCNc1ncc(C(=O)NCCNc2ccncc2C)cn1. The number of pyridine rings is 1. The van der Waals surface area contributed by atoms with Crippen LogP contribution in [-0.4, -0.2) is 40.5 Å². The summed E-state index contributed by atoms with van der Waals surface area (Å²) in [5, 5.41) is 9.05. The third-order valence-corrected chi connectivity index (χ3v) is 3.00. The van der Waals surface area contributed by atoms with Crippen molar-refractivity contribution in [1.82, 2.24) is 20.3 Å². The molecule has 22 heavy (non-hydrogen) atoms. The highest BCUT2D eigenvalue weighted by atomic mass is 16.1. The molecule has 0 spiro atoms. The first-order valence-corrected chi connectivity index (χ1v) is 7.19. The topological polar surface area (TPSA) is 91.8 Å². The molecule has 116 valence electrons. The first-order chi connectivity index (χ1) is 10.7. The molecule has 0 bridgehead atoms. The van der Waals surface area contributed by atoms with Crippen LogP contribution in [0.4, 0.5) is 11.6 Å². The zero-order valence-electron chi connectivity index (χ0n) is 12.8. The van der Waals surface area contributed by atoms with Crippen LogP contribution < -0.4 is 16.0 Å². The molecular weight excluding hydrogens is 280 g/mol. The quantitative estimate of drug-likeness (QED) is 0.670. The van der Waals surface area contributed by atoms with Gasteiger partial charge in [-0.15, -0.1) is 0 Å². The molecule has 0 atom stereocenters. The Morgan fingerprint density at radius 1 is 1.14 bits per heavy atom. The van der Waals surface area contributed by atoms with Gasteiger partial charge in [0.2, 0.25) is 5.95 Å². The Morgan fingerprint density at radius 3 is 2.59 bits per heavy atom. The number of amides is 1. The van der Waals surface area contributed by atoms with E-state index in [1.807, 2.05) is 19.9 Å². The lowest BCUT2D eigenvalue weighted by Crippen LogP contribution is -2.29. The number of carbonyl (C=O) groups excluding carboxylic acids is 1. The molecule has 0 aromatic carbocycles. The van der Waals surface area contributed by atoms with E-state index in [9.17, 15) is 4.79 Å². The maximum absolute atomic E-state index is 11.9. The Kier molecular flexibility index (Phi) is 5.65. The second kappa shape index (κ2) is 7.92. The zero-order chi connectivity index (χ0) is 15.8.